The van der Waals surface area contributed by atoms with Gasteiger partial charge in [0.25, 0.3) is 0 Å². The van der Waals surface area contributed by atoms with Crippen molar-refractivity contribution in [2.24, 2.45) is 11.8 Å². The fourth-order valence-electron chi connectivity index (χ4n) is 10.2. The Balaban J connectivity index is 5.17. The minimum absolute atomic E-state index is 0.102. The van der Waals surface area contributed by atoms with Crippen LogP contribution in [0.5, 0.6) is 0 Å². The van der Waals surface area contributed by atoms with E-state index in [9.17, 15) is 43.2 Å². The summed E-state index contributed by atoms with van der Waals surface area (Å²) in [5, 5.41) is 10.5. The molecule has 17 nitrogen and oxygen atoms in total. The number of rotatable bonds is 67. The van der Waals surface area contributed by atoms with Gasteiger partial charge in [0, 0.05) is 25.7 Å². The van der Waals surface area contributed by atoms with Crippen LogP contribution < -0.4 is 0 Å². The summed E-state index contributed by atoms with van der Waals surface area (Å²) in [4.78, 5) is 72.2. The molecule has 0 radical (unpaired) electrons. The number of aliphatic hydroxyl groups excluding tert-OH is 1. The van der Waals surface area contributed by atoms with E-state index in [1.54, 1.807) is 0 Å². The average molecular weight is 1280 g/mol. The number of aliphatic hydroxyl groups is 1. The first-order valence-corrected chi connectivity index (χ1v) is 38.5. The van der Waals surface area contributed by atoms with Crippen molar-refractivity contribution in [1.82, 2.24) is 0 Å². The third-order valence-electron chi connectivity index (χ3n) is 16.1. The monoisotopic (exact) mass is 1280 g/mol. The number of carbonyl (C=O) groups is 4. The first-order valence-electron chi connectivity index (χ1n) is 35.5. The quantitative estimate of drug-likeness (QED) is 0.0222. The molecule has 516 valence electrons. The largest absolute Gasteiger partial charge is 0.472 e. The SMILES string of the molecule is CCCCCCCCCCCCCCCCCCCCCC(=O)O[C@H](COC(=O)CCCCCCCCCCC(C)CC)COP(=O)(O)OC[C@@H](O)COP(=O)(O)OC[C@@H](COC(=O)CCCCCCCCC)OC(=O)CCCCCCCCC(C)C. The van der Waals surface area contributed by atoms with Gasteiger partial charge >= 0.3 is 39.5 Å². The van der Waals surface area contributed by atoms with Crippen LogP contribution in [-0.2, 0) is 65.4 Å². The second-order valence-electron chi connectivity index (χ2n) is 25.3. The molecule has 0 bridgehead atoms. The fourth-order valence-corrected chi connectivity index (χ4v) is 11.8. The first kappa shape index (κ1) is 85.1. The average Bonchev–Trinajstić information content (AvgIpc) is 3.71. The van der Waals surface area contributed by atoms with E-state index in [2.05, 4.69) is 41.5 Å². The van der Waals surface area contributed by atoms with Gasteiger partial charge in [0.15, 0.2) is 12.2 Å². The maximum absolute atomic E-state index is 13.0. The van der Waals surface area contributed by atoms with Gasteiger partial charge in [0.05, 0.1) is 26.4 Å². The summed E-state index contributed by atoms with van der Waals surface area (Å²) in [7, 11) is -9.89. The Morgan fingerprint density at radius 3 is 0.874 bits per heavy atom. The molecule has 3 N–H and O–H groups in total. The van der Waals surface area contributed by atoms with Gasteiger partial charge < -0.3 is 33.8 Å². The van der Waals surface area contributed by atoms with Crippen LogP contribution in [0.25, 0.3) is 0 Å². The molecule has 0 saturated heterocycles. The van der Waals surface area contributed by atoms with Crippen molar-refractivity contribution < 1.29 is 80.2 Å². The molecule has 3 unspecified atom stereocenters. The van der Waals surface area contributed by atoms with E-state index < -0.39 is 97.5 Å². The highest BCUT2D eigenvalue weighted by Crippen LogP contribution is 2.45. The zero-order valence-corrected chi connectivity index (χ0v) is 58.1. The molecule has 0 aromatic heterocycles. The van der Waals surface area contributed by atoms with Crippen LogP contribution in [0, 0.1) is 11.8 Å². The highest BCUT2D eigenvalue weighted by atomic mass is 31.2. The topological polar surface area (TPSA) is 237 Å². The van der Waals surface area contributed by atoms with Gasteiger partial charge in [-0.25, -0.2) is 9.13 Å². The van der Waals surface area contributed by atoms with Crippen molar-refractivity contribution in [3.8, 4) is 0 Å². The van der Waals surface area contributed by atoms with Crippen molar-refractivity contribution in [3.05, 3.63) is 0 Å². The molecule has 0 rings (SSSR count). The van der Waals surface area contributed by atoms with Crippen molar-refractivity contribution in [2.75, 3.05) is 39.6 Å². The molecule has 0 heterocycles. The smallest absolute Gasteiger partial charge is 0.462 e. The summed E-state index contributed by atoms with van der Waals surface area (Å²) in [6.07, 6.45) is 44.8. The Kier molecular flexibility index (Phi) is 59.0. The molecule has 87 heavy (non-hydrogen) atoms. The normalized spacial score (nSPS) is 14.5. The Hall–Kier alpha value is -1.94. The lowest BCUT2D eigenvalue weighted by atomic mass is 9.99. The van der Waals surface area contributed by atoms with Crippen LogP contribution in [0.4, 0.5) is 0 Å². The lowest BCUT2D eigenvalue weighted by molar-refractivity contribution is -0.161. The number of ether oxygens (including phenoxy) is 4. The van der Waals surface area contributed by atoms with E-state index >= 15 is 0 Å². The summed E-state index contributed by atoms with van der Waals surface area (Å²) < 4.78 is 68.0. The summed E-state index contributed by atoms with van der Waals surface area (Å²) in [5.41, 5.74) is 0. The number of unbranched alkanes of at least 4 members (excludes halogenated alkanes) is 36. The zero-order valence-electron chi connectivity index (χ0n) is 56.3. The van der Waals surface area contributed by atoms with Gasteiger partial charge in [-0.1, -0.05) is 292 Å². The third kappa shape index (κ3) is 61.3. The molecule has 0 aromatic rings. The number of phosphoric acid groups is 2. The predicted octanol–water partition coefficient (Wildman–Crippen LogP) is 19.2. The molecular formula is C68H132O17P2. The standard InChI is InChI=1S/C68H132O17P2/c1-7-10-12-14-16-17-18-19-20-21-22-23-24-25-26-27-33-40-46-52-67(72)84-63(57-79-66(71)51-45-39-32-29-28-31-37-43-49-61(6)9-3)58-82-86(74,75)80-54-62(69)55-81-87(76,77)83-59-64(56-78-65(70)50-44-38-30-15-13-11-8-2)85-68(73)53-47-41-35-34-36-42-48-60(4)5/h60-64,69H,7-59H2,1-6H3,(H,74,75)(H,76,77)/t61?,62-,63-,64-/m1/s1. The summed E-state index contributed by atoms with van der Waals surface area (Å²) in [6.45, 7) is 9.40. The van der Waals surface area contributed by atoms with Crippen LogP contribution in [0.15, 0.2) is 0 Å². The van der Waals surface area contributed by atoms with E-state index in [0.717, 1.165) is 109 Å². The number of carbonyl (C=O) groups excluding carboxylic acids is 4. The second-order valence-corrected chi connectivity index (χ2v) is 28.2. The van der Waals surface area contributed by atoms with Crippen molar-refractivity contribution in [2.45, 2.75) is 362 Å². The van der Waals surface area contributed by atoms with Crippen LogP contribution in [-0.4, -0.2) is 96.7 Å². The van der Waals surface area contributed by atoms with Gasteiger partial charge in [-0.15, -0.1) is 0 Å². The van der Waals surface area contributed by atoms with Crippen molar-refractivity contribution >= 4 is 39.5 Å². The van der Waals surface area contributed by atoms with Gasteiger partial charge in [-0.3, -0.25) is 37.3 Å². The fraction of sp³-hybridized carbons (Fsp3) is 0.941. The Labute approximate surface area is 530 Å². The molecule has 0 spiro atoms. The second kappa shape index (κ2) is 60.3. The molecule has 6 atom stereocenters. The lowest BCUT2D eigenvalue weighted by Gasteiger charge is -2.21. The predicted molar refractivity (Wildman–Crippen MR) is 349 cm³/mol. The van der Waals surface area contributed by atoms with E-state index in [1.165, 1.54) is 148 Å². The number of phosphoric ester groups is 2. The molecule has 19 heteroatoms. The Bertz CT molecular complexity index is 1700. The molecule has 0 aliphatic heterocycles. The summed E-state index contributed by atoms with van der Waals surface area (Å²) in [6, 6.07) is 0. The minimum Gasteiger partial charge on any atom is -0.462 e. The lowest BCUT2D eigenvalue weighted by Crippen LogP contribution is -2.30. The molecule has 0 fully saturated rings. The van der Waals surface area contributed by atoms with Crippen LogP contribution >= 0.6 is 15.6 Å². The van der Waals surface area contributed by atoms with Crippen molar-refractivity contribution in [1.29, 1.82) is 0 Å². The molecule has 0 aromatic carbocycles. The summed E-state index contributed by atoms with van der Waals surface area (Å²) >= 11 is 0. The molecule has 0 amide bonds. The molecule has 0 saturated carbocycles. The van der Waals surface area contributed by atoms with Gasteiger partial charge in [-0.2, -0.15) is 0 Å². The van der Waals surface area contributed by atoms with E-state index in [-0.39, 0.29) is 25.7 Å². The Morgan fingerprint density at radius 2 is 0.586 bits per heavy atom. The maximum Gasteiger partial charge on any atom is 0.472 e. The number of hydrogen-bond acceptors (Lipinski definition) is 15. The van der Waals surface area contributed by atoms with Crippen LogP contribution in [0.2, 0.25) is 0 Å². The number of esters is 4. The van der Waals surface area contributed by atoms with E-state index in [1.807, 2.05) is 0 Å². The third-order valence-corrected chi connectivity index (χ3v) is 18.0. The van der Waals surface area contributed by atoms with Gasteiger partial charge in [0.1, 0.15) is 19.3 Å². The molecular weight excluding hydrogens is 1150 g/mol. The van der Waals surface area contributed by atoms with E-state index in [0.29, 0.717) is 31.6 Å². The number of hydrogen-bond donors (Lipinski definition) is 3. The van der Waals surface area contributed by atoms with E-state index in [4.69, 9.17) is 37.0 Å². The maximum atomic E-state index is 13.0. The highest BCUT2D eigenvalue weighted by molar-refractivity contribution is 7.47. The molecule has 0 aliphatic rings. The minimum atomic E-state index is -4.95. The molecule has 0 aliphatic carbocycles. The Morgan fingerprint density at radius 1 is 0.333 bits per heavy atom. The first-order chi connectivity index (χ1) is 41.9. The van der Waals surface area contributed by atoms with Gasteiger partial charge in [0.2, 0.25) is 0 Å². The van der Waals surface area contributed by atoms with Crippen LogP contribution in [0.3, 0.4) is 0 Å². The van der Waals surface area contributed by atoms with Crippen LogP contribution in [0.1, 0.15) is 343 Å². The highest BCUT2D eigenvalue weighted by Gasteiger charge is 2.30. The van der Waals surface area contributed by atoms with Crippen molar-refractivity contribution in [3.63, 3.8) is 0 Å². The van der Waals surface area contributed by atoms with Gasteiger partial charge in [-0.05, 0) is 37.5 Å². The zero-order chi connectivity index (χ0) is 64.3. The summed E-state index contributed by atoms with van der Waals surface area (Å²) in [5.74, 6) is -0.690.